The molecule has 1 aliphatic rings. The number of ether oxygens (including phenoxy) is 1. The smallest absolute Gasteiger partial charge is 0.335 e. The highest BCUT2D eigenvalue weighted by molar-refractivity contribution is 7.85. The van der Waals surface area contributed by atoms with Crippen LogP contribution in [0.2, 0.25) is 0 Å². The van der Waals surface area contributed by atoms with Gasteiger partial charge in [-0.25, -0.2) is 4.79 Å². The minimum Gasteiger partial charge on any atom is -0.478 e. The molecule has 1 aromatic rings. The Morgan fingerprint density at radius 1 is 1.33 bits per heavy atom. The third-order valence-corrected chi connectivity index (χ3v) is 4.61. The lowest BCUT2D eigenvalue weighted by Gasteiger charge is -2.26. The fraction of sp³-hybridized carbons (Fsp3) is 0.429. The van der Waals surface area contributed by atoms with E-state index in [1.54, 1.807) is 24.0 Å². The van der Waals surface area contributed by atoms with E-state index in [1.807, 2.05) is 0 Å². The Morgan fingerprint density at radius 3 is 2.62 bits per heavy atom. The molecular formula is C14H17NO5S. The lowest BCUT2D eigenvalue weighted by molar-refractivity contribution is -0.132. The lowest BCUT2D eigenvalue weighted by Crippen LogP contribution is -2.42. The molecule has 1 aromatic carbocycles. The van der Waals surface area contributed by atoms with E-state index in [1.165, 1.54) is 6.07 Å². The SMILES string of the molecule is Cc1ccc(S(=O)CC(=O)N2CCOCC2)cc1C(=O)O. The van der Waals surface area contributed by atoms with E-state index < -0.39 is 16.8 Å². The quantitative estimate of drug-likeness (QED) is 0.883. The monoisotopic (exact) mass is 311 g/mol. The number of aryl methyl sites for hydroxylation is 1. The van der Waals surface area contributed by atoms with Crippen LogP contribution in [0.15, 0.2) is 23.1 Å². The van der Waals surface area contributed by atoms with E-state index in [4.69, 9.17) is 9.84 Å². The summed E-state index contributed by atoms with van der Waals surface area (Å²) in [4.78, 5) is 25.1. The summed E-state index contributed by atoms with van der Waals surface area (Å²) in [5.41, 5.74) is 0.711. The van der Waals surface area contributed by atoms with Crippen LogP contribution in [0, 0.1) is 6.92 Å². The van der Waals surface area contributed by atoms with Crippen molar-refractivity contribution in [1.82, 2.24) is 4.90 Å². The first-order chi connectivity index (χ1) is 9.99. The van der Waals surface area contributed by atoms with Crippen molar-refractivity contribution in [3.8, 4) is 0 Å². The van der Waals surface area contributed by atoms with Crippen molar-refractivity contribution in [1.29, 1.82) is 0 Å². The second-order valence-electron chi connectivity index (χ2n) is 4.76. The average Bonchev–Trinajstić information content (AvgIpc) is 2.48. The molecule has 1 amide bonds. The molecule has 0 radical (unpaired) electrons. The van der Waals surface area contributed by atoms with Crippen LogP contribution in [0.5, 0.6) is 0 Å². The third kappa shape index (κ3) is 3.89. The molecule has 114 valence electrons. The average molecular weight is 311 g/mol. The van der Waals surface area contributed by atoms with Gasteiger partial charge in [0.1, 0.15) is 5.75 Å². The van der Waals surface area contributed by atoms with E-state index in [-0.39, 0.29) is 17.2 Å². The number of carbonyl (C=O) groups excluding carboxylic acids is 1. The molecule has 1 N–H and O–H groups in total. The van der Waals surface area contributed by atoms with Gasteiger partial charge in [-0.1, -0.05) is 6.07 Å². The van der Waals surface area contributed by atoms with Gasteiger partial charge in [0.05, 0.1) is 29.6 Å². The number of rotatable bonds is 4. The van der Waals surface area contributed by atoms with Gasteiger partial charge in [0, 0.05) is 18.0 Å². The van der Waals surface area contributed by atoms with Crippen LogP contribution in [0.3, 0.4) is 0 Å². The number of amides is 1. The van der Waals surface area contributed by atoms with Gasteiger partial charge in [-0.05, 0) is 24.6 Å². The van der Waals surface area contributed by atoms with Gasteiger partial charge < -0.3 is 14.7 Å². The summed E-state index contributed by atoms with van der Waals surface area (Å²) < 4.78 is 17.4. The molecule has 0 spiro atoms. The lowest BCUT2D eigenvalue weighted by atomic mass is 10.1. The van der Waals surface area contributed by atoms with Crippen LogP contribution >= 0.6 is 0 Å². The van der Waals surface area contributed by atoms with Gasteiger partial charge in [0.2, 0.25) is 5.91 Å². The van der Waals surface area contributed by atoms with Crippen molar-refractivity contribution >= 4 is 22.7 Å². The molecular weight excluding hydrogens is 294 g/mol. The Morgan fingerprint density at radius 2 is 2.00 bits per heavy atom. The first-order valence-electron chi connectivity index (χ1n) is 6.57. The molecule has 6 nitrogen and oxygen atoms in total. The maximum atomic E-state index is 12.2. The predicted octanol–water partition coefficient (Wildman–Crippen LogP) is 0.660. The second-order valence-corrected chi connectivity index (χ2v) is 6.22. The number of carbonyl (C=O) groups is 2. The fourth-order valence-corrected chi connectivity index (χ4v) is 3.12. The van der Waals surface area contributed by atoms with Crippen LogP contribution in [-0.4, -0.2) is 58.1 Å². The highest BCUT2D eigenvalue weighted by atomic mass is 32.2. The van der Waals surface area contributed by atoms with Crippen LogP contribution in [0.4, 0.5) is 0 Å². The number of benzene rings is 1. The molecule has 0 aromatic heterocycles. The summed E-state index contributed by atoms with van der Waals surface area (Å²) in [5.74, 6) is -1.40. The van der Waals surface area contributed by atoms with E-state index in [0.29, 0.717) is 36.8 Å². The number of aromatic carboxylic acids is 1. The van der Waals surface area contributed by atoms with Crippen LogP contribution in [0.1, 0.15) is 15.9 Å². The maximum Gasteiger partial charge on any atom is 0.335 e. The molecule has 1 atom stereocenters. The number of morpholine rings is 1. The van der Waals surface area contributed by atoms with Crippen molar-refractivity contribution in [3.05, 3.63) is 29.3 Å². The minimum atomic E-state index is -1.55. The molecule has 0 saturated carbocycles. The van der Waals surface area contributed by atoms with E-state index in [9.17, 15) is 13.8 Å². The van der Waals surface area contributed by atoms with E-state index in [0.717, 1.165) is 0 Å². The Kier molecular flexibility index (Phi) is 5.08. The van der Waals surface area contributed by atoms with Gasteiger partial charge in [-0.15, -0.1) is 0 Å². The molecule has 1 saturated heterocycles. The van der Waals surface area contributed by atoms with Crippen LogP contribution in [0.25, 0.3) is 0 Å². The standard InChI is InChI=1S/C14H17NO5S/c1-10-2-3-11(8-12(10)14(17)18)21(19)9-13(16)15-4-6-20-7-5-15/h2-3,8H,4-7,9H2,1H3,(H,17,18). The van der Waals surface area contributed by atoms with Crippen LogP contribution in [-0.2, 0) is 20.3 Å². The molecule has 1 fully saturated rings. The Labute approximate surface area is 125 Å². The second kappa shape index (κ2) is 6.82. The van der Waals surface area contributed by atoms with Crippen molar-refractivity contribution < 1.29 is 23.6 Å². The van der Waals surface area contributed by atoms with Crippen molar-refractivity contribution in [2.45, 2.75) is 11.8 Å². The largest absolute Gasteiger partial charge is 0.478 e. The number of carboxylic acids is 1. The number of carboxylic acid groups (broad SMARTS) is 1. The molecule has 1 heterocycles. The predicted molar refractivity (Wildman–Crippen MR) is 76.8 cm³/mol. The molecule has 0 bridgehead atoms. The summed E-state index contributed by atoms with van der Waals surface area (Å²) in [6, 6.07) is 4.58. The highest BCUT2D eigenvalue weighted by Crippen LogP contribution is 2.15. The molecule has 1 unspecified atom stereocenters. The van der Waals surface area contributed by atoms with E-state index >= 15 is 0 Å². The number of hydrogen-bond acceptors (Lipinski definition) is 4. The number of hydrogen-bond donors (Lipinski definition) is 1. The Bertz CT molecular complexity index is 581. The summed E-state index contributed by atoms with van der Waals surface area (Å²) >= 11 is 0. The molecule has 0 aliphatic carbocycles. The first kappa shape index (κ1) is 15.7. The molecule has 1 aliphatic heterocycles. The molecule has 21 heavy (non-hydrogen) atoms. The highest BCUT2D eigenvalue weighted by Gasteiger charge is 2.20. The van der Waals surface area contributed by atoms with Gasteiger partial charge in [-0.2, -0.15) is 0 Å². The van der Waals surface area contributed by atoms with Gasteiger partial charge in [0.25, 0.3) is 0 Å². The summed E-state index contributed by atoms with van der Waals surface area (Å²) in [6.45, 7) is 3.67. The number of nitrogens with zero attached hydrogens (tertiary/aromatic N) is 1. The topological polar surface area (TPSA) is 83.9 Å². The Balaban J connectivity index is 2.07. The van der Waals surface area contributed by atoms with Gasteiger partial charge >= 0.3 is 5.97 Å². The maximum absolute atomic E-state index is 12.2. The van der Waals surface area contributed by atoms with Crippen molar-refractivity contribution in [2.24, 2.45) is 0 Å². The summed E-state index contributed by atoms with van der Waals surface area (Å²) in [7, 11) is -1.55. The van der Waals surface area contributed by atoms with Crippen molar-refractivity contribution in [2.75, 3.05) is 32.1 Å². The minimum absolute atomic E-state index is 0.111. The third-order valence-electron chi connectivity index (χ3n) is 3.32. The normalized spacial score (nSPS) is 16.5. The van der Waals surface area contributed by atoms with E-state index in [2.05, 4.69) is 0 Å². The van der Waals surface area contributed by atoms with Crippen LogP contribution < -0.4 is 0 Å². The van der Waals surface area contributed by atoms with Crippen molar-refractivity contribution in [3.63, 3.8) is 0 Å². The first-order valence-corrected chi connectivity index (χ1v) is 7.89. The van der Waals surface area contributed by atoms with Gasteiger partial charge in [-0.3, -0.25) is 9.00 Å². The zero-order valence-corrected chi connectivity index (χ0v) is 12.5. The molecule has 2 rings (SSSR count). The fourth-order valence-electron chi connectivity index (χ4n) is 2.07. The summed E-state index contributed by atoms with van der Waals surface area (Å²) in [6.07, 6.45) is 0. The van der Waals surface area contributed by atoms with Gasteiger partial charge in [0.15, 0.2) is 0 Å². The summed E-state index contributed by atoms with van der Waals surface area (Å²) in [5, 5.41) is 9.07. The molecule has 7 heteroatoms. The zero-order valence-electron chi connectivity index (χ0n) is 11.7. The zero-order chi connectivity index (χ0) is 15.4. The Hall–Kier alpha value is -1.73.